The maximum Gasteiger partial charge on any atom is 0.269 e. The fourth-order valence-corrected chi connectivity index (χ4v) is 5.02. The van der Waals surface area contributed by atoms with Gasteiger partial charge in [-0.1, -0.05) is 30.0 Å². The molecule has 27 heavy (non-hydrogen) atoms. The van der Waals surface area contributed by atoms with Gasteiger partial charge in [0, 0.05) is 5.56 Å². The Morgan fingerprint density at radius 1 is 1.15 bits per heavy atom. The van der Waals surface area contributed by atoms with Crippen molar-refractivity contribution in [1.29, 1.82) is 0 Å². The lowest BCUT2D eigenvalue weighted by Crippen LogP contribution is -2.30. The summed E-state index contributed by atoms with van der Waals surface area (Å²) in [6.07, 6.45) is 0. The first-order chi connectivity index (χ1) is 12.7. The first kappa shape index (κ1) is 19.1. The zero-order valence-corrected chi connectivity index (χ0v) is 16.2. The minimum Gasteiger partial charge on any atom is -0.268 e. The van der Waals surface area contributed by atoms with Crippen molar-refractivity contribution in [3.63, 3.8) is 0 Å². The van der Waals surface area contributed by atoms with Gasteiger partial charge in [0.1, 0.15) is 4.90 Å². The van der Waals surface area contributed by atoms with Crippen molar-refractivity contribution < 1.29 is 21.6 Å². The third-order valence-electron chi connectivity index (χ3n) is 4.05. The van der Waals surface area contributed by atoms with Crippen molar-refractivity contribution in [3.05, 3.63) is 59.2 Å². The molecule has 9 heteroatoms. The van der Waals surface area contributed by atoms with Crippen LogP contribution in [-0.4, -0.2) is 40.6 Å². The average Bonchev–Trinajstić information content (AvgIpc) is 2.82. The maximum atomic E-state index is 12.5. The molecule has 1 amide bonds. The predicted octanol–water partition coefficient (Wildman–Crippen LogP) is 1.10. The molecule has 2 aromatic carbocycles. The van der Waals surface area contributed by atoms with E-state index in [1.165, 1.54) is 25.2 Å². The van der Waals surface area contributed by atoms with Gasteiger partial charge in [0.05, 0.1) is 17.0 Å². The first-order valence-corrected chi connectivity index (χ1v) is 10.8. The Balaban J connectivity index is 1.96. The maximum absolute atomic E-state index is 12.5. The summed E-state index contributed by atoms with van der Waals surface area (Å²) in [7, 11) is -6.38. The Bertz CT molecular complexity index is 1210. The van der Waals surface area contributed by atoms with Crippen molar-refractivity contribution in [1.82, 2.24) is 9.03 Å². The molecule has 140 valence electrons. The van der Waals surface area contributed by atoms with Crippen LogP contribution in [0.1, 0.15) is 21.5 Å². The number of rotatable bonds is 3. The summed E-state index contributed by atoms with van der Waals surface area (Å²) in [4.78, 5) is 12.3. The topological polar surface area (TPSA) is 101 Å². The quantitative estimate of drug-likeness (QED) is 0.772. The molecule has 0 aromatic heterocycles. The number of nitrogens with zero attached hydrogens (tertiary/aromatic N) is 1. The summed E-state index contributed by atoms with van der Waals surface area (Å²) in [5.74, 6) is 4.64. The lowest BCUT2D eigenvalue weighted by molar-refractivity contribution is 0.0882. The van der Waals surface area contributed by atoms with Crippen LogP contribution in [0.25, 0.3) is 0 Å². The number of sulfonamides is 2. The highest BCUT2D eigenvalue weighted by atomic mass is 32.2. The van der Waals surface area contributed by atoms with E-state index in [0.717, 1.165) is 5.56 Å². The molecule has 2 aromatic rings. The molecule has 0 fully saturated rings. The van der Waals surface area contributed by atoms with E-state index in [4.69, 9.17) is 0 Å². The molecule has 0 saturated heterocycles. The highest BCUT2D eigenvalue weighted by Gasteiger charge is 2.40. The highest BCUT2D eigenvalue weighted by molar-refractivity contribution is 7.90. The van der Waals surface area contributed by atoms with Gasteiger partial charge < -0.3 is 0 Å². The highest BCUT2D eigenvalue weighted by Crippen LogP contribution is 2.29. The van der Waals surface area contributed by atoms with Crippen LogP contribution >= 0.6 is 0 Å². The third-order valence-corrected chi connectivity index (χ3v) is 7.31. The summed E-state index contributed by atoms with van der Waals surface area (Å²) in [6, 6.07) is 10.6. The fraction of sp³-hybridized carbons (Fsp3) is 0.167. The van der Waals surface area contributed by atoms with E-state index in [1.807, 2.05) is 0 Å². The normalized spacial score (nSPS) is 15.2. The van der Waals surface area contributed by atoms with Gasteiger partial charge in [0.2, 0.25) is 10.0 Å². The largest absolute Gasteiger partial charge is 0.269 e. The van der Waals surface area contributed by atoms with Crippen molar-refractivity contribution in [2.45, 2.75) is 16.7 Å². The number of aryl methyl sites for hydroxylation is 1. The van der Waals surface area contributed by atoms with Gasteiger partial charge in [-0.05, 0) is 43.8 Å². The molecule has 0 spiro atoms. The molecular formula is C18H16N2O5S2. The molecule has 0 saturated carbocycles. The van der Waals surface area contributed by atoms with Gasteiger partial charge in [0.15, 0.2) is 0 Å². The van der Waals surface area contributed by atoms with E-state index in [1.54, 1.807) is 31.2 Å². The molecule has 0 aliphatic carbocycles. The molecule has 0 radical (unpaired) electrons. The molecule has 1 aliphatic rings. The molecule has 1 heterocycles. The van der Waals surface area contributed by atoms with Gasteiger partial charge in [-0.25, -0.2) is 25.9 Å². The zero-order valence-electron chi connectivity index (χ0n) is 14.6. The van der Waals surface area contributed by atoms with Crippen LogP contribution in [0.5, 0.6) is 0 Å². The summed E-state index contributed by atoms with van der Waals surface area (Å²) < 4.78 is 52.1. The van der Waals surface area contributed by atoms with E-state index >= 15 is 0 Å². The first-order valence-electron chi connectivity index (χ1n) is 7.87. The molecule has 0 atom stereocenters. The van der Waals surface area contributed by atoms with Crippen LogP contribution in [0.2, 0.25) is 0 Å². The van der Waals surface area contributed by atoms with Gasteiger partial charge >= 0.3 is 0 Å². The number of carbonyl (C=O) groups excluding carboxylic acids is 1. The zero-order chi connectivity index (χ0) is 19.8. The SMILES string of the molecule is CNS(=O)(=O)c1ccc(C)cc1C#CCN1C(=O)c2ccccc2S1(=O)=O. The lowest BCUT2D eigenvalue weighted by atomic mass is 10.1. The minimum absolute atomic E-state index is 0.0120. The molecule has 1 aliphatic heterocycles. The van der Waals surface area contributed by atoms with E-state index in [9.17, 15) is 21.6 Å². The Labute approximate surface area is 158 Å². The number of carbonyl (C=O) groups is 1. The fourth-order valence-electron chi connectivity index (χ4n) is 2.68. The Kier molecular flexibility index (Phi) is 4.82. The predicted molar refractivity (Wildman–Crippen MR) is 99.0 cm³/mol. The van der Waals surface area contributed by atoms with E-state index in [0.29, 0.717) is 4.31 Å². The van der Waals surface area contributed by atoms with Gasteiger partial charge in [0.25, 0.3) is 15.9 Å². The lowest BCUT2D eigenvalue weighted by Gasteiger charge is -2.11. The van der Waals surface area contributed by atoms with Crippen molar-refractivity contribution in [2.75, 3.05) is 13.6 Å². The standard InChI is InChI=1S/C18H16N2O5S2/c1-13-9-10-16(26(22,23)19-2)14(12-13)6-5-11-20-18(21)15-7-3-4-8-17(15)27(20,24)25/h3-4,7-10,12,19H,11H2,1-2H3. The summed E-state index contributed by atoms with van der Waals surface area (Å²) >= 11 is 0. The van der Waals surface area contributed by atoms with Crippen molar-refractivity contribution >= 4 is 26.0 Å². The van der Waals surface area contributed by atoms with Crippen LogP contribution in [0.4, 0.5) is 0 Å². The second kappa shape index (κ2) is 6.81. The summed E-state index contributed by atoms with van der Waals surface area (Å²) in [5, 5.41) is 0. The van der Waals surface area contributed by atoms with Crippen LogP contribution in [0.3, 0.4) is 0 Å². The molecule has 3 rings (SSSR count). The van der Waals surface area contributed by atoms with Gasteiger partial charge in [-0.3, -0.25) is 4.79 Å². The molecular weight excluding hydrogens is 388 g/mol. The number of hydrogen-bond donors (Lipinski definition) is 1. The third kappa shape index (κ3) is 3.35. The number of amides is 1. The minimum atomic E-state index is -3.95. The van der Waals surface area contributed by atoms with E-state index in [-0.39, 0.29) is 27.5 Å². The smallest absolute Gasteiger partial charge is 0.268 e. The number of benzene rings is 2. The van der Waals surface area contributed by atoms with Crippen LogP contribution in [-0.2, 0) is 20.0 Å². The Morgan fingerprint density at radius 3 is 2.52 bits per heavy atom. The number of fused-ring (bicyclic) bond motifs is 1. The van der Waals surface area contributed by atoms with Crippen LogP contribution in [0, 0.1) is 18.8 Å². The van der Waals surface area contributed by atoms with Crippen LogP contribution in [0.15, 0.2) is 52.3 Å². The van der Waals surface area contributed by atoms with Crippen molar-refractivity contribution in [2.24, 2.45) is 0 Å². The Hall–Kier alpha value is -2.67. The molecule has 0 bridgehead atoms. The average molecular weight is 404 g/mol. The van der Waals surface area contributed by atoms with Gasteiger partial charge in [-0.15, -0.1) is 0 Å². The van der Waals surface area contributed by atoms with E-state index < -0.39 is 26.0 Å². The summed E-state index contributed by atoms with van der Waals surface area (Å²) in [5.41, 5.74) is 1.13. The second-order valence-electron chi connectivity index (χ2n) is 5.82. The monoisotopic (exact) mass is 404 g/mol. The Morgan fingerprint density at radius 2 is 1.85 bits per heavy atom. The second-order valence-corrected chi connectivity index (χ2v) is 9.51. The van der Waals surface area contributed by atoms with E-state index in [2.05, 4.69) is 16.6 Å². The molecule has 0 unspecified atom stereocenters. The summed E-state index contributed by atoms with van der Waals surface area (Å²) in [6.45, 7) is 1.41. The molecule has 7 nitrogen and oxygen atoms in total. The number of nitrogens with one attached hydrogen (secondary N) is 1. The van der Waals surface area contributed by atoms with Crippen LogP contribution < -0.4 is 4.72 Å². The van der Waals surface area contributed by atoms with Gasteiger partial charge in [-0.2, -0.15) is 0 Å². The molecule has 1 N–H and O–H groups in total. The number of hydrogen-bond acceptors (Lipinski definition) is 5. The van der Waals surface area contributed by atoms with Crippen molar-refractivity contribution in [3.8, 4) is 11.8 Å².